The van der Waals surface area contributed by atoms with Crippen molar-refractivity contribution in [2.24, 2.45) is 5.73 Å². The molecule has 5 heteroatoms. The zero-order chi connectivity index (χ0) is 9.14. The number of nitrogens with two attached hydrogens (primary N) is 1. The van der Waals surface area contributed by atoms with E-state index in [1.807, 2.05) is 0 Å². The zero-order valence-electron chi connectivity index (χ0n) is 6.07. The second-order valence-corrected chi connectivity index (χ2v) is 3.45. The van der Waals surface area contributed by atoms with Gasteiger partial charge in [0.15, 0.2) is 5.96 Å². The fourth-order valence-electron chi connectivity index (χ4n) is 0.736. The van der Waals surface area contributed by atoms with Crippen LogP contribution in [0, 0.1) is 5.41 Å². The molecule has 4 N–H and O–H groups in total. The van der Waals surface area contributed by atoms with Crippen LogP contribution in [0.4, 0.5) is 5.69 Å². The second-order valence-electron chi connectivity index (χ2n) is 2.16. The fourth-order valence-corrected chi connectivity index (χ4v) is 1.52. The van der Waals surface area contributed by atoms with Crippen molar-refractivity contribution in [3.05, 3.63) is 27.7 Å². The van der Waals surface area contributed by atoms with E-state index in [2.05, 4.69) is 21.2 Å². The van der Waals surface area contributed by atoms with Gasteiger partial charge in [-0.05, 0) is 34.1 Å². The maximum Gasteiger partial charge on any atom is 0.190 e. The number of halogens is 2. The van der Waals surface area contributed by atoms with Gasteiger partial charge in [0, 0.05) is 9.50 Å². The lowest BCUT2D eigenvalue weighted by molar-refractivity contribution is 1.40. The Morgan fingerprint density at radius 3 is 2.75 bits per heavy atom. The first-order chi connectivity index (χ1) is 5.59. The van der Waals surface area contributed by atoms with Crippen molar-refractivity contribution in [3.63, 3.8) is 0 Å². The van der Waals surface area contributed by atoms with Gasteiger partial charge in [0.25, 0.3) is 0 Å². The van der Waals surface area contributed by atoms with Gasteiger partial charge in [-0.3, -0.25) is 5.41 Å². The van der Waals surface area contributed by atoms with Gasteiger partial charge in [0.1, 0.15) is 0 Å². The summed E-state index contributed by atoms with van der Waals surface area (Å²) in [6, 6.07) is 5.19. The van der Waals surface area contributed by atoms with E-state index >= 15 is 0 Å². The molecule has 1 aromatic carbocycles. The maximum absolute atomic E-state index is 6.99. The molecule has 0 radical (unpaired) electrons. The summed E-state index contributed by atoms with van der Waals surface area (Å²) in [5.41, 5.74) is 5.88. The third-order valence-electron chi connectivity index (χ3n) is 1.20. The van der Waals surface area contributed by atoms with E-state index in [0.717, 1.165) is 10.2 Å². The first-order valence-corrected chi connectivity index (χ1v) is 4.33. The number of guanidine groups is 1. The van der Waals surface area contributed by atoms with Crippen molar-refractivity contribution in [2.75, 3.05) is 5.32 Å². The Bertz CT molecular complexity index is 314. The van der Waals surface area contributed by atoms with Crippen molar-refractivity contribution in [3.8, 4) is 0 Å². The molecule has 0 amide bonds. The van der Waals surface area contributed by atoms with Crippen LogP contribution in [0.25, 0.3) is 0 Å². The van der Waals surface area contributed by atoms with Gasteiger partial charge in [-0.2, -0.15) is 0 Å². The van der Waals surface area contributed by atoms with Crippen LogP contribution in [-0.4, -0.2) is 5.96 Å². The number of anilines is 1. The molecule has 12 heavy (non-hydrogen) atoms. The van der Waals surface area contributed by atoms with Crippen molar-refractivity contribution >= 4 is 39.2 Å². The number of hydrogen-bond acceptors (Lipinski definition) is 1. The minimum absolute atomic E-state index is 0.0991. The van der Waals surface area contributed by atoms with E-state index in [1.165, 1.54) is 0 Å². The average Bonchev–Trinajstić information content (AvgIpc) is 1.94. The second kappa shape index (κ2) is 3.78. The maximum atomic E-state index is 6.99. The van der Waals surface area contributed by atoms with Gasteiger partial charge >= 0.3 is 0 Å². The van der Waals surface area contributed by atoms with Gasteiger partial charge in [-0.1, -0.05) is 11.6 Å². The number of nitrogens with one attached hydrogen (secondary N) is 2. The molecule has 0 heterocycles. The molecule has 0 aliphatic carbocycles. The lowest BCUT2D eigenvalue weighted by atomic mass is 10.3. The van der Waals surface area contributed by atoms with Crippen LogP contribution < -0.4 is 11.1 Å². The Morgan fingerprint density at radius 2 is 2.25 bits per heavy atom. The van der Waals surface area contributed by atoms with E-state index in [4.69, 9.17) is 22.7 Å². The third-order valence-corrected chi connectivity index (χ3v) is 2.09. The Hall–Kier alpha value is -0.740. The van der Waals surface area contributed by atoms with Crippen LogP contribution in [-0.2, 0) is 0 Å². The highest BCUT2D eigenvalue weighted by atomic mass is 79.9. The highest BCUT2D eigenvalue weighted by molar-refractivity contribution is 9.10. The summed E-state index contributed by atoms with van der Waals surface area (Å²) in [4.78, 5) is 0. The van der Waals surface area contributed by atoms with Crippen LogP contribution >= 0.6 is 27.5 Å². The predicted molar refractivity (Wildman–Crippen MR) is 54.7 cm³/mol. The minimum Gasteiger partial charge on any atom is -0.370 e. The fraction of sp³-hybridized carbons (Fsp3) is 0. The van der Waals surface area contributed by atoms with E-state index in [9.17, 15) is 0 Å². The first kappa shape index (κ1) is 9.35. The summed E-state index contributed by atoms with van der Waals surface area (Å²) < 4.78 is 0.783. The normalized spacial score (nSPS) is 9.50. The molecule has 3 nitrogen and oxygen atoms in total. The smallest absolute Gasteiger partial charge is 0.190 e. The zero-order valence-corrected chi connectivity index (χ0v) is 8.41. The molecule has 0 saturated heterocycles. The quantitative estimate of drug-likeness (QED) is 0.528. The molecule has 0 aromatic heterocycles. The highest BCUT2D eigenvalue weighted by Gasteiger charge is 1.99. The largest absolute Gasteiger partial charge is 0.370 e. The summed E-state index contributed by atoms with van der Waals surface area (Å²) in [6.07, 6.45) is 0. The number of rotatable bonds is 1. The summed E-state index contributed by atoms with van der Waals surface area (Å²) in [6.45, 7) is 0. The van der Waals surface area contributed by atoms with Crippen LogP contribution in [0.2, 0.25) is 5.02 Å². The lowest BCUT2D eigenvalue weighted by Crippen LogP contribution is -2.20. The average molecular weight is 249 g/mol. The van der Waals surface area contributed by atoms with E-state index in [1.54, 1.807) is 18.2 Å². The molecular weight excluding hydrogens is 241 g/mol. The molecule has 0 unspecified atom stereocenters. The Balaban J connectivity index is 2.93. The molecule has 0 saturated carbocycles. The molecule has 0 aliphatic heterocycles. The number of hydrogen-bond donors (Lipinski definition) is 3. The SMILES string of the molecule is N=C(N)Nc1ccc(Cl)cc1Br. The molecule has 0 aliphatic rings. The molecule has 0 fully saturated rings. The molecule has 1 aromatic rings. The monoisotopic (exact) mass is 247 g/mol. The molecule has 1 rings (SSSR count). The third kappa shape index (κ3) is 2.39. The summed E-state index contributed by atoms with van der Waals surface area (Å²) >= 11 is 8.99. The van der Waals surface area contributed by atoms with Crippen molar-refractivity contribution in [1.29, 1.82) is 5.41 Å². The highest BCUT2D eigenvalue weighted by Crippen LogP contribution is 2.25. The van der Waals surface area contributed by atoms with Crippen molar-refractivity contribution < 1.29 is 0 Å². The first-order valence-electron chi connectivity index (χ1n) is 3.15. The van der Waals surface area contributed by atoms with Gasteiger partial charge in [0.05, 0.1) is 5.69 Å². The Morgan fingerprint density at radius 1 is 1.58 bits per heavy atom. The van der Waals surface area contributed by atoms with Gasteiger partial charge < -0.3 is 11.1 Å². The number of benzene rings is 1. The summed E-state index contributed by atoms with van der Waals surface area (Å²) in [7, 11) is 0. The topological polar surface area (TPSA) is 61.9 Å². The summed E-state index contributed by atoms with van der Waals surface area (Å²) in [5.74, 6) is -0.0991. The van der Waals surface area contributed by atoms with Crippen molar-refractivity contribution in [2.45, 2.75) is 0 Å². The minimum atomic E-state index is -0.0991. The van der Waals surface area contributed by atoms with Crippen LogP contribution in [0.3, 0.4) is 0 Å². The van der Waals surface area contributed by atoms with Crippen LogP contribution in [0.1, 0.15) is 0 Å². The predicted octanol–water partition coefficient (Wildman–Crippen LogP) is 2.41. The van der Waals surface area contributed by atoms with Gasteiger partial charge in [0.2, 0.25) is 0 Å². The van der Waals surface area contributed by atoms with E-state index in [-0.39, 0.29) is 5.96 Å². The molecule has 0 bridgehead atoms. The van der Waals surface area contributed by atoms with Crippen LogP contribution in [0.5, 0.6) is 0 Å². The Kier molecular flexibility index (Phi) is 2.94. The lowest BCUT2D eigenvalue weighted by Gasteiger charge is -2.05. The molecule has 0 atom stereocenters. The Labute approximate surface area is 83.5 Å². The van der Waals surface area contributed by atoms with Gasteiger partial charge in [-0.25, -0.2) is 0 Å². The molecule has 0 spiro atoms. The summed E-state index contributed by atoms with van der Waals surface area (Å²) in [5, 5.41) is 10.3. The van der Waals surface area contributed by atoms with Gasteiger partial charge in [-0.15, -0.1) is 0 Å². The molecular formula is C7H7BrClN3. The standard InChI is InChI=1S/C7H7BrClN3/c8-5-3-4(9)1-2-6(5)12-7(10)11/h1-3H,(H4,10,11,12). The molecule has 64 valence electrons. The van der Waals surface area contributed by atoms with Crippen LogP contribution in [0.15, 0.2) is 22.7 Å². The van der Waals surface area contributed by atoms with E-state index < -0.39 is 0 Å². The van der Waals surface area contributed by atoms with Crippen molar-refractivity contribution in [1.82, 2.24) is 0 Å². The van der Waals surface area contributed by atoms with E-state index in [0.29, 0.717) is 5.02 Å².